The molecule has 0 amide bonds. The van der Waals surface area contributed by atoms with Crippen molar-refractivity contribution >= 4 is 23.1 Å². The topological polar surface area (TPSA) is 68.8 Å². The number of anilines is 2. The van der Waals surface area contributed by atoms with Gasteiger partial charge in [-0.1, -0.05) is 11.6 Å². The van der Waals surface area contributed by atoms with Gasteiger partial charge in [0.1, 0.15) is 5.82 Å². The van der Waals surface area contributed by atoms with Gasteiger partial charge in [0, 0.05) is 31.5 Å². The smallest absolute Gasteiger partial charge is 0.149 e. The summed E-state index contributed by atoms with van der Waals surface area (Å²) in [5, 5.41) is 7.72. The third-order valence-corrected chi connectivity index (χ3v) is 2.31. The number of pyridine rings is 1. The van der Waals surface area contributed by atoms with E-state index in [-0.39, 0.29) is 0 Å². The molecule has 3 N–H and O–H groups in total. The van der Waals surface area contributed by atoms with E-state index < -0.39 is 0 Å². The second-order valence-corrected chi connectivity index (χ2v) is 3.90. The highest BCUT2D eigenvalue weighted by molar-refractivity contribution is 6.30. The summed E-state index contributed by atoms with van der Waals surface area (Å²) in [5.74, 6) is 0.633. The number of rotatable bonds is 3. The third kappa shape index (κ3) is 2.43. The highest BCUT2D eigenvalue weighted by Crippen LogP contribution is 2.19. The number of nitrogen functional groups attached to an aromatic ring is 1. The molecule has 0 saturated carbocycles. The van der Waals surface area contributed by atoms with E-state index in [9.17, 15) is 0 Å². The van der Waals surface area contributed by atoms with Gasteiger partial charge >= 0.3 is 0 Å². The maximum atomic E-state index is 5.76. The van der Waals surface area contributed by atoms with Crippen LogP contribution in [-0.4, -0.2) is 14.8 Å². The minimum atomic E-state index is 0.532. The number of hydrogen-bond acceptors (Lipinski definition) is 4. The zero-order valence-corrected chi connectivity index (χ0v) is 9.57. The molecule has 0 saturated heterocycles. The summed E-state index contributed by atoms with van der Waals surface area (Å²) in [6.45, 7) is 0.632. The van der Waals surface area contributed by atoms with Crippen molar-refractivity contribution in [1.82, 2.24) is 14.8 Å². The molecule has 0 aliphatic carbocycles. The van der Waals surface area contributed by atoms with Gasteiger partial charge in [-0.05, 0) is 6.07 Å². The number of aromatic nitrogens is 3. The fourth-order valence-electron chi connectivity index (χ4n) is 1.35. The van der Waals surface area contributed by atoms with Crippen LogP contribution in [0.25, 0.3) is 0 Å². The second kappa shape index (κ2) is 4.40. The van der Waals surface area contributed by atoms with Crippen LogP contribution in [0.4, 0.5) is 11.5 Å². The van der Waals surface area contributed by atoms with Crippen molar-refractivity contribution in [3.05, 3.63) is 35.2 Å². The Balaban J connectivity index is 2.04. The molecule has 16 heavy (non-hydrogen) atoms. The number of nitrogens with zero attached hydrogens (tertiary/aromatic N) is 3. The maximum Gasteiger partial charge on any atom is 0.149 e. The molecule has 84 valence electrons. The van der Waals surface area contributed by atoms with Gasteiger partial charge in [0.05, 0.1) is 16.9 Å². The van der Waals surface area contributed by atoms with Crippen LogP contribution in [0.3, 0.4) is 0 Å². The monoisotopic (exact) mass is 237 g/mol. The molecule has 0 radical (unpaired) electrons. The fourth-order valence-corrected chi connectivity index (χ4v) is 1.52. The van der Waals surface area contributed by atoms with Gasteiger partial charge in [0.25, 0.3) is 0 Å². The standard InChI is InChI=1S/C10H12ClN5/c1-16-6-7(4-15-16)3-13-10-9(12)2-8(11)5-14-10/h2,4-6H,3,12H2,1H3,(H,13,14). The largest absolute Gasteiger partial charge is 0.396 e. The Kier molecular flexibility index (Phi) is 2.96. The molecule has 0 unspecified atom stereocenters. The van der Waals surface area contributed by atoms with E-state index in [1.165, 1.54) is 0 Å². The molecular weight excluding hydrogens is 226 g/mol. The molecule has 0 bridgehead atoms. The number of halogens is 1. The molecule has 2 aromatic rings. The lowest BCUT2D eigenvalue weighted by Crippen LogP contribution is -2.03. The molecule has 6 heteroatoms. The van der Waals surface area contributed by atoms with Gasteiger partial charge in [0.2, 0.25) is 0 Å². The number of nitrogens with two attached hydrogens (primary N) is 1. The normalized spacial score (nSPS) is 10.4. The van der Waals surface area contributed by atoms with Gasteiger partial charge in [-0.2, -0.15) is 5.10 Å². The maximum absolute atomic E-state index is 5.76. The lowest BCUT2D eigenvalue weighted by Gasteiger charge is -2.06. The van der Waals surface area contributed by atoms with Crippen molar-refractivity contribution in [2.45, 2.75) is 6.54 Å². The van der Waals surface area contributed by atoms with Gasteiger partial charge in [0.15, 0.2) is 0 Å². The first-order valence-electron chi connectivity index (χ1n) is 4.77. The summed E-state index contributed by atoms with van der Waals surface area (Å²) in [5.41, 5.74) is 7.37. The van der Waals surface area contributed by atoms with Crippen LogP contribution in [0.1, 0.15) is 5.56 Å². The highest BCUT2D eigenvalue weighted by atomic mass is 35.5. The van der Waals surface area contributed by atoms with Crippen LogP contribution in [0, 0.1) is 0 Å². The van der Waals surface area contributed by atoms with Crippen molar-refractivity contribution in [2.24, 2.45) is 7.05 Å². The molecule has 0 fully saturated rings. The van der Waals surface area contributed by atoms with E-state index in [4.69, 9.17) is 17.3 Å². The lowest BCUT2D eigenvalue weighted by atomic mass is 10.3. The zero-order chi connectivity index (χ0) is 11.5. The van der Waals surface area contributed by atoms with E-state index in [2.05, 4.69) is 15.4 Å². The molecular formula is C10H12ClN5. The van der Waals surface area contributed by atoms with Crippen molar-refractivity contribution in [3.63, 3.8) is 0 Å². The molecule has 2 heterocycles. The first kappa shape index (κ1) is 10.8. The lowest BCUT2D eigenvalue weighted by molar-refractivity contribution is 0.767. The van der Waals surface area contributed by atoms with E-state index in [0.717, 1.165) is 5.56 Å². The first-order chi connectivity index (χ1) is 7.65. The predicted molar refractivity (Wildman–Crippen MR) is 64.2 cm³/mol. The summed E-state index contributed by atoms with van der Waals surface area (Å²) in [4.78, 5) is 4.10. The summed E-state index contributed by atoms with van der Waals surface area (Å²) in [6, 6.07) is 1.67. The van der Waals surface area contributed by atoms with Crippen LogP contribution in [-0.2, 0) is 13.6 Å². The van der Waals surface area contributed by atoms with E-state index in [1.54, 1.807) is 23.1 Å². The van der Waals surface area contributed by atoms with Crippen LogP contribution in [0.5, 0.6) is 0 Å². The molecule has 0 atom stereocenters. The molecule has 2 aromatic heterocycles. The van der Waals surface area contributed by atoms with Gasteiger partial charge in [-0.3, -0.25) is 4.68 Å². The minimum absolute atomic E-state index is 0.532. The van der Waals surface area contributed by atoms with E-state index in [0.29, 0.717) is 23.1 Å². The first-order valence-corrected chi connectivity index (χ1v) is 5.15. The average Bonchev–Trinajstić information content (AvgIpc) is 2.63. The van der Waals surface area contributed by atoms with Crippen molar-refractivity contribution in [2.75, 3.05) is 11.1 Å². The Hall–Kier alpha value is -1.75. The Labute approximate surface area is 98.2 Å². The second-order valence-electron chi connectivity index (χ2n) is 3.47. The quantitative estimate of drug-likeness (QED) is 0.852. The van der Waals surface area contributed by atoms with Crippen molar-refractivity contribution < 1.29 is 0 Å². The number of nitrogens with one attached hydrogen (secondary N) is 1. The Bertz CT molecular complexity index is 494. The minimum Gasteiger partial charge on any atom is -0.396 e. The summed E-state index contributed by atoms with van der Waals surface area (Å²) in [6.07, 6.45) is 5.28. The SMILES string of the molecule is Cn1cc(CNc2ncc(Cl)cc2N)cn1. The van der Waals surface area contributed by atoms with Gasteiger partial charge in [-0.15, -0.1) is 0 Å². The molecule has 0 aliphatic rings. The van der Waals surface area contributed by atoms with Crippen LogP contribution < -0.4 is 11.1 Å². The number of hydrogen-bond donors (Lipinski definition) is 2. The fraction of sp³-hybridized carbons (Fsp3) is 0.200. The zero-order valence-electron chi connectivity index (χ0n) is 8.81. The van der Waals surface area contributed by atoms with Gasteiger partial charge in [-0.25, -0.2) is 4.98 Å². The molecule has 2 rings (SSSR count). The molecule has 0 aliphatic heterocycles. The Morgan fingerprint density at radius 1 is 1.50 bits per heavy atom. The average molecular weight is 238 g/mol. The molecule has 5 nitrogen and oxygen atoms in total. The van der Waals surface area contributed by atoms with Crippen LogP contribution in [0.2, 0.25) is 5.02 Å². The van der Waals surface area contributed by atoms with Crippen molar-refractivity contribution in [3.8, 4) is 0 Å². The van der Waals surface area contributed by atoms with Crippen LogP contribution >= 0.6 is 11.6 Å². The van der Waals surface area contributed by atoms with Crippen molar-refractivity contribution in [1.29, 1.82) is 0 Å². The molecule has 0 spiro atoms. The van der Waals surface area contributed by atoms with Crippen LogP contribution in [0.15, 0.2) is 24.7 Å². The Morgan fingerprint density at radius 2 is 2.31 bits per heavy atom. The summed E-state index contributed by atoms with van der Waals surface area (Å²) in [7, 11) is 1.87. The predicted octanol–water partition coefficient (Wildman–Crippen LogP) is 1.66. The summed E-state index contributed by atoms with van der Waals surface area (Å²) >= 11 is 5.75. The highest BCUT2D eigenvalue weighted by Gasteiger charge is 2.02. The third-order valence-electron chi connectivity index (χ3n) is 2.10. The van der Waals surface area contributed by atoms with E-state index in [1.807, 2.05) is 13.2 Å². The number of aryl methyl sites for hydroxylation is 1. The summed E-state index contributed by atoms with van der Waals surface area (Å²) < 4.78 is 1.75. The van der Waals surface area contributed by atoms with E-state index >= 15 is 0 Å². The van der Waals surface area contributed by atoms with Gasteiger partial charge < -0.3 is 11.1 Å². The Morgan fingerprint density at radius 3 is 2.94 bits per heavy atom. The molecule has 0 aromatic carbocycles.